The van der Waals surface area contributed by atoms with Crippen molar-refractivity contribution in [3.8, 4) is 0 Å². The van der Waals surface area contributed by atoms with E-state index >= 15 is 0 Å². The molecule has 0 radical (unpaired) electrons. The second-order valence-corrected chi connectivity index (χ2v) is 6.45. The molecule has 0 aliphatic carbocycles. The Hall–Kier alpha value is -0.170. The number of ether oxygens (including phenoxy) is 1. The van der Waals surface area contributed by atoms with Gasteiger partial charge in [-0.2, -0.15) is 4.31 Å². The van der Waals surface area contributed by atoms with Crippen LogP contribution >= 0.6 is 0 Å². The van der Waals surface area contributed by atoms with Gasteiger partial charge in [0.1, 0.15) is 0 Å². The zero-order chi connectivity index (χ0) is 12.7. The minimum atomic E-state index is -3.09. The molecule has 0 bridgehead atoms. The highest BCUT2D eigenvalue weighted by molar-refractivity contribution is 7.89. The molecule has 5 nitrogen and oxygen atoms in total. The van der Waals surface area contributed by atoms with Crippen LogP contribution in [0.1, 0.15) is 26.7 Å². The van der Waals surface area contributed by atoms with E-state index in [9.17, 15) is 8.42 Å². The number of hydrogen-bond donors (Lipinski definition) is 1. The van der Waals surface area contributed by atoms with Crippen LogP contribution in [0, 0.1) is 0 Å². The Labute approximate surface area is 105 Å². The van der Waals surface area contributed by atoms with Crippen molar-refractivity contribution in [2.45, 2.75) is 32.7 Å². The van der Waals surface area contributed by atoms with Crippen molar-refractivity contribution in [2.75, 3.05) is 38.6 Å². The molecule has 0 spiro atoms. The molecule has 1 N–H and O–H groups in total. The van der Waals surface area contributed by atoms with E-state index in [0.717, 1.165) is 25.9 Å². The van der Waals surface area contributed by atoms with Gasteiger partial charge in [-0.1, -0.05) is 6.92 Å². The molecule has 1 heterocycles. The van der Waals surface area contributed by atoms with Gasteiger partial charge < -0.3 is 10.1 Å². The molecule has 1 atom stereocenters. The highest BCUT2D eigenvalue weighted by atomic mass is 32.2. The van der Waals surface area contributed by atoms with E-state index in [1.807, 2.05) is 13.8 Å². The van der Waals surface area contributed by atoms with E-state index in [1.54, 1.807) is 4.31 Å². The monoisotopic (exact) mass is 264 g/mol. The number of nitrogens with one attached hydrogen (secondary N) is 1. The molecule has 0 aromatic carbocycles. The van der Waals surface area contributed by atoms with Gasteiger partial charge in [-0.15, -0.1) is 0 Å². The van der Waals surface area contributed by atoms with Gasteiger partial charge in [0.25, 0.3) is 0 Å². The molecule has 17 heavy (non-hydrogen) atoms. The highest BCUT2D eigenvalue weighted by Gasteiger charge is 2.29. The summed E-state index contributed by atoms with van der Waals surface area (Å²) < 4.78 is 31.0. The second kappa shape index (κ2) is 7.31. The van der Waals surface area contributed by atoms with Crippen molar-refractivity contribution in [1.29, 1.82) is 0 Å². The zero-order valence-electron chi connectivity index (χ0n) is 10.8. The summed E-state index contributed by atoms with van der Waals surface area (Å²) >= 11 is 0. The Kier molecular flexibility index (Phi) is 6.40. The van der Waals surface area contributed by atoms with Crippen molar-refractivity contribution in [3.05, 3.63) is 0 Å². The summed E-state index contributed by atoms with van der Waals surface area (Å²) in [5, 5.41) is 3.19. The smallest absolute Gasteiger partial charge is 0.214 e. The van der Waals surface area contributed by atoms with Gasteiger partial charge in [0.05, 0.1) is 19.0 Å². The van der Waals surface area contributed by atoms with E-state index < -0.39 is 10.0 Å². The quantitative estimate of drug-likeness (QED) is 0.677. The number of unbranched alkanes of at least 4 members (excludes halogenated alkanes) is 1. The van der Waals surface area contributed by atoms with Gasteiger partial charge in [-0.05, 0) is 32.9 Å². The summed E-state index contributed by atoms with van der Waals surface area (Å²) in [6.07, 6.45) is 1.63. The maximum atomic E-state index is 12.1. The molecule has 102 valence electrons. The Morgan fingerprint density at radius 2 is 2.18 bits per heavy atom. The van der Waals surface area contributed by atoms with Crippen LogP contribution in [0.4, 0.5) is 0 Å². The van der Waals surface area contributed by atoms with E-state index in [0.29, 0.717) is 19.8 Å². The summed E-state index contributed by atoms with van der Waals surface area (Å²) in [6, 6.07) is -0.0254. The largest absolute Gasteiger partial charge is 0.378 e. The molecule has 1 fully saturated rings. The fourth-order valence-corrected chi connectivity index (χ4v) is 3.72. The van der Waals surface area contributed by atoms with Gasteiger partial charge in [-0.25, -0.2) is 8.42 Å². The number of hydrogen-bond acceptors (Lipinski definition) is 4. The normalized spacial score (nSPS) is 22.8. The topological polar surface area (TPSA) is 58.6 Å². The summed E-state index contributed by atoms with van der Waals surface area (Å²) in [5.74, 6) is 0.253. The maximum absolute atomic E-state index is 12.1. The Bertz CT molecular complexity index is 306. The van der Waals surface area contributed by atoms with E-state index in [4.69, 9.17) is 4.74 Å². The van der Waals surface area contributed by atoms with Crippen molar-refractivity contribution >= 4 is 10.0 Å². The third-order valence-electron chi connectivity index (χ3n) is 2.92. The molecule has 1 unspecified atom stereocenters. The van der Waals surface area contributed by atoms with Gasteiger partial charge in [0.15, 0.2) is 0 Å². The first-order chi connectivity index (χ1) is 8.08. The van der Waals surface area contributed by atoms with Crippen molar-refractivity contribution in [1.82, 2.24) is 9.62 Å². The lowest BCUT2D eigenvalue weighted by Gasteiger charge is -2.32. The molecule has 1 saturated heterocycles. The van der Waals surface area contributed by atoms with E-state index in [-0.39, 0.29) is 11.8 Å². The van der Waals surface area contributed by atoms with Crippen LogP contribution in [0.3, 0.4) is 0 Å². The summed E-state index contributed by atoms with van der Waals surface area (Å²) in [6.45, 7) is 7.30. The van der Waals surface area contributed by atoms with Crippen LogP contribution in [0.25, 0.3) is 0 Å². The minimum Gasteiger partial charge on any atom is -0.378 e. The minimum absolute atomic E-state index is 0.0254. The standard InChI is InChI=1S/C11H24N2O3S/c1-3-12-6-4-5-9-17(14,15)13-7-8-16-10-11(13)2/h11-12H,3-10H2,1-2H3. The molecular formula is C11H24N2O3S. The molecule has 0 saturated carbocycles. The molecule has 1 rings (SSSR count). The predicted octanol–water partition coefficient (Wildman–Crippen LogP) is 0.427. The van der Waals surface area contributed by atoms with Crippen LogP contribution in [-0.2, 0) is 14.8 Å². The lowest BCUT2D eigenvalue weighted by Crippen LogP contribution is -2.47. The first kappa shape index (κ1) is 14.9. The molecule has 6 heteroatoms. The summed E-state index contributed by atoms with van der Waals surface area (Å²) in [7, 11) is -3.09. The van der Waals surface area contributed by atoms with Crippen LogP contribution in [-0.4, -0.2) is 57.4 Å². The molecule has 1 aliphatic rings. The Balaban J connectivity index is 2.34. The van der Waals surface area contributed by atoms with Crippen LogP contribution in [0.2, 0.25) is 0 Å². The fourth-order valence-electron chi connectivity index (χ4n) is 1.95. The van der Waals surface area contributed by atoms with Gasteiger partial charge in [0.2, 0.25) is 10.0 Å². The van der Waals surface area contributed by atoms with Crippen molar-refractivity contribution in [3.63, 3.8) is 0 Å². The Morgan fingerprint density at radius 1 is 1.41 bits per heavy atom. The number of morpholine rings is 1. The van der Waals surface area contributed by atoms with Gasteiger partial charge >= 0.3 is 0 Å². The molecule has 0 aromatic heterocycles. The first-order valence-corrected chi connectivity index (χ1v) is 7.97. The third-order valence-corrected chi connectivity index (χ3v) is 4.98. The lowest BCUT2D eigenvalue weighted by molar-refractivity contribution is 0.0393. The van der Waals surface area contributed by atoms with Gasteiger partial charge in [0, 0.05) is 12.6 Å². The number of nitrogens with zero attached hydrogens (tertiary/aromatic N) is 1. The molecule has 0 amide bonds. The molecular weight excluding hydrogens is 240 g/mol. The molecule has 1 aliphatic heterocycles. The van der Waals surface area contributed by atoms with Crippen LogP contribution in [0.5, 0.6) is 0 Å². The predicted molar refractivity (Wildman–Crippen MR) is 68.6 cm³/mol. The highest BCUT2D eigenvalue weighted by Crippen LogP contribution is 2.13. The lowest BCUT2D eigenvalue weighted by atomic mass is 10.3. The van der Waals surface area contributed by atoms with Crippen LogP contribution < -0.4 is 5.32 Å². The van der Waals surface area contributed by atoms with E-state index in [1.165, 1.54) is 0 Å². The van der Waals surface area contributed by atoms with Crippen molar-refractivity contribution < 1.29 is 13.2 Å². The number of rotatable bonds is 7. The molecule has 0 aromatic rings. The summed E-state index contributed by atoms with van der Waals surface area (Å²) in [5.41, 5.74) is 0. The average molecular weight is 264 g/mol. The zero-order valence-corrected chi connectivity index (χ0v) is 11.6. The third kappa shape index (κ3) is 4.91. The number of sulfonamides is 1. The van der Waals surface area contributed by atoms with E-state index in [2.05, 4.69) is 5.32 Å². The second-order valence-electron chi connectivity index (χ2n) is 4.41. The van der Waals surface area contributed by atoms with Crippen LogP contribution in [0.15, 0.2) is 0 Å². The fraction of sp³-hybridized carbons (Fsp3) is 1.00. The Morgan fingerprint density at radius 3 is 2.82 bits per heavy atom. The summed E-state index contributed by atoms with van der Waals surface area (Å²) in [4.78, 5) is 0. The maximum Gasteiger partial charge on any atom is 0.214 e. The average Bonchev–Trinajstić information content (AvgIpc) is 2.29. The first-order valence-electron chi connectivity index (χ1n) is 6.36. The van der Waals surface area contributed by atoms with Gasteiger partial charge in [-0.3, -0.25) is 0 Å². The van der Waals surface area contributed by atoms with Crippen molar-refractivity contribution in [2.24, 2.45) is 0 Å². The SMILES string of the molecule is CCNCCCCS(=O)(=O)N1CCOCC1C.